The van der Waals surface area contributed by atoms with Gasteiger partial charge >= 0.3 is 0 Å². The van der Waals surface area contributed by atoms with E-state index in [1.54, 1.807) is 49.4 Å². The van der Waals surface area contributed by atoms with Gasteiger partial charge in [-0.25, -0.2) is 9.88 Å². The average Bonchev–Trinajstić information content (AvgIpc) is 3.28. The highest BCUT2D eigenvalue weighted by atomic mass is 32.1. The summed E-state index contributed by atoms with van der Waals surface area (Å²) < 4.78 is 5.89. The summed E-state index contributed by atoms with van der Waals surface area (Å²) in [5.74, 6) is 0.0729. The third-order valence-corrected chi connectivity index (χ3v) is 5.63. The summed E-state index contributed by atoms with van der Waals surface area (Å²) in [7, 11) is 3.29. The summed E-state index contributed by atoms with van der Waals surface area (Å²) in [6.07, 6.45) is 0.427. The maximum atomic E-state index is 12.9. The van der Waals surface area contributed by atoms with Crippen molar-refractivity contribution in [1.82, 2.24) is 4.98 Å². The summed E-state index contributed by atoms with van der Waals surface area (Å²) in [4.78, 5) is 43.8. The van der Waals surface area contributed by atoms with Crippen molar-refractivity contribution in [3.63, 3.8) is 0 Å². The van der Waals surface area contributed by atoms with Crippen LogP contribution in [0.5, 0.6) is 5.75 Å². The van der Waals surface area contributed by atoms with E-state index in [4.69, 9.17) is 4.74 Å². The van der Waals surface area contributed by atoms with E-state index in [2.05, 4.69) is 4.98 Å². The number of carbonyl (C=O) groups excluding carboxylic acids is 3. The first-order valence-electron chi connectivity index (χ1n) is 8.66. The van der Waals surface area contributed by atoms with Crippen molar-refractivity contribution in [2.24, 2.45) is 0 Å². The molecular weight excluding hydrogens is 378 g/mol. The summed E-state index contributed by atoms with van der Waals surface area (Å²) in [5, 5.41) is 0.357. The number of rotatable bonds is 4. The molecule has 7 nitrogen and oxygen atoms in total. The fourth-order valence-corrected chi connectivity index (χ4v) is 4.09. The summed E-state index contributed by atoms with van der Waals surface area (Å²) >= 11 is 1.23. The number of amides is 3. The van der Waals surface area contributed by atoms with Crippen LogP contribution in [-0.2, 0) is 9.59 Å². The summed E-state index contributed by atoms with van der Waals surface area (Å²) in [5.41, 5.74) is 1.89. The molecule has 1 aliphatic heterocycles. The minimum atomic E-state index is -0.236. The highest BCUT2D eigenvalue weighted by Crippen LogP contribution is 2.32. The minimum Gasteiger partial charge on any atom is -0.497 e. The zero-order valence-corrected chi connectivity index (χ0v) is 16.2. The predicted octanol–water partition coefficient (Wildman–Crippen LogP) is 3.23. The van der Waals surface area contributed by atoms with Crippen molar-refractivity contribution in [3.05, 3.63) is 48.0 Å². The van der Waals surface area contributed by atoms with Crippen molar-refractivity contribution in [1.29, 1.82) is 0 Å². The number of aromatic nitrogens is 1. The second kappa shape index (κ2) is 7.05. The molecule has 3 aromatic rings. The third-order valence-electron chi connectivity index (χ3n) is 4.63. The number of methoxy groups -OCH3 is 1. The van der Waals surface area contributed by atoms with Crippen molar-refractivity contribution in [2.75, 3.05) is 24.0 Å². The first-order chi connectivity index (χ1) is 13.5. The third kappa shape index (κ3) is 3.11. The average molecular weight is 395 g/mol. The van der Waals surface area contributed by atoms with E-state index in [-0.39, 0.29) is 30.6 Å². The Morgan fingerprint density at radius 1 is 1.11 bits per heavy atom. The van der Waals surface area contributed by atoms with Gasteiger partial charge in [0, 0.05) is 31.1 Å². The number of imide groups is 1. The molecule has 2 aromatic carbocycles. The van der Waals surface area contributed by atoms with Crippen LogP contribution in [0.1, 0.15) is 23.2 Å². The second-order valence-corrected chi connectivity index (χ2v) is 7.37. The molecule has 1 saturated heterocycles. The molecule has 142 valence electrons. The second-order valence-electron chi connectivity index (χ2n) is 6.36. The van der Waals surface area contributed by atoms with Crippen molar-refractivity contribution >= 4 is 50.1 Å². The Hall–Kier alpha value is -3.26. The van der Waals surface area contributed by atoms with Gasteiger partial charge in [-0.2, -0.15) is 0 Å². The van der Waals surface area contributed by atoms with E-state index in [9.17, 15) is 14.4 Å². The van der Waals surface area contributed by atoms with Crippen molar-refractivity contribution in [3.8, 4) is 5.75 Å². The Labute approximate surface area is 165 Å². The van der Waals surface area contributed by atoms with Crippen LogP contribution in [0.25, 0.3) is 10.2 Å². The molecule has 1 aromatic heterocycles. The van der Waals surface area contributed by atoms with Gasteiger partial charge in [0.15, 0.2) is 5.13 Å². The molecule has 1 fully saturated rings. The molecule has 28 heavy (non-hydrogen) atoms. The Morgan fingerprint density at radius 3 is 2.43 bits per heavy atom. The van der Waals surface area contributed by atoms with Crippen LogP contribution in [0.2, 0.25) is 0 Å². The number of thiazole rings is 1. The lowest BCUT2D eigenvalue weighted by Gasteiger charge is -2.17. The summed E-state index contributed by atoms with van der Waals surface area (Å²) in [6, 6.07) is 12.4. The first kappa shape index (κ1) is 18.1. The molecule has 1 aliphatic rings. The normalized spacial score (nSPS) is 14.0. The molecule has 0 radical (unpaired) electrons. The number of nitrogens with zero attached hydrogens (tertiary/aromatic N) is 3. The first-order valence-corrected chi connectivity index (χ1v) is 9.48. The van der Waals surface area contributed by atoms with Gasteiger partial charge in [0.1, 0.15) is 5.75 Å². The zero-order chi connectivity index (χ0) is 19.8. The van der Waals surface area contributed by atoms with Crippen LogP contribution in [-0.4, -0.2) is 36.9 Å². The molecule has 0 N–H and O–H groups in total. The van der Waals surface area contributed by atoms with Crippen LogP contribution in [0.3, 0.4) is 0 Å². The molecule has 0 unspecified atom stereocenters. The Kier molecular flexibility index (Phi) is 4.56. The lowest BCUT2D eigenvalue weighted by atomic mass is 10.1. The van der Waals surface area contributed by atoms with Crippen LogP contribution in [0.15, 0.2) is 42.5 Å². The van der Waals surface area contributed by atoms with E-state index in [1.165, 1.54) is 11.3 Å². The lowest BCUT2D eigenvalue weighted by Crippen LogP contribution is -2.28. The fraction of sp³-hybridized carbons (Fsp3) is 0.200. The van der Waals surface area contributed by atoms with Gasteiger partial charge in [-0.15, -0.1) is 0 Å². The lowest BCUT2D eigenvalue weighted by molar-refractivity contribution is -0.121. The van der Waals surface area contributed by atoms with Gasteiger partial charge in [-0.3, -0.25) is 14.4 Å². The molecule has 0 bridgehead atoms. The quantitative estimate of drug-likeness (QED) is 0.634. The smallest absolute Gasteiger partial charge is 0.258 e. The standard InChI is InChI=1S/C20H17N3O4S/c1-22(13-4-6-14(27-2)7-5-13)19(26)12-3-8-15-16(11-12)28-20(21-15)23-17(24)9-10-18(23)25/h3-8,11H,9-10H2,1-2H3. The Balaban J connectivity index is 1.62. The number of anilines is 2. The molecular formula is C20H17N3O4S. The number of fused-ring (bicyclic) bond motifs is 1. The monoisotopic (exact) mass is 395 g/mol. The fourth-order valence-electron chi connectivity index (χ4n) is 3.05. The largest absolute Gasteiger partial charge is 0.497 e. The molecule has 0 atom stereocenters. The number of ether oxygens (including phenoxy) is 1. The van der Waals surface area contributed by atoms with Crippen molar-refractivity contribution < 1.29 is 19.1 Å². The number of hydrogen-bond donors (Lipinski definition) is 0. The number of hydrogen-bond acceptors (Lipinski definition) is 6. The zero-order valence-electron chi connectivity index (χ0n) is 15.3. The Morgan fingerprint density at radius 2 is 1.79 bits per heavy atom. The Bertz CT molecular complexity index is 1070. The predicted molar refractivity (Wildman–Crippen MR) is 107 cm³/mol. The van der Waals surface area contributed by atoms with Gasteiger partial charge in [0.2, 0.25) is 11.8 Å². The molecule has 0 saturated carbocycles. The van der Waals surface area contributed by atoms with Gasteiger partial charge in [-0.05, 0) is 42.5 Å². The minimum absolute atomic E-state index is 0.171. The molecule has 8 heteroatoms. The van der Waals surface area contributed by atoms with E-state index in [1.807, 2.05) is 12.1 Å². The molecule has 4 rings (SSSR count). The summed E-state index contributed by atoms with van der Waals surface area (Å²) in [6.45, 7) is 0. The van der Waals surface area contributed by atoms with Crippen molar-refractivity contribution in [2.45, 2.75) is 12.8 Å². The highest BCUT2D eigenvalue weighted by molar-refractivity contribution is 7.22. The van der Waals surface area contributed by atoms with Gasteiger partial charge in [-0.1, -0.05) is 11.3 Å². The van der Waals surface area contributed by atoms with Crippen LogP contribution in [0.4, 0.5) is 10.8 Å². The van der Waals surface area contributed by atoms with Gasteiger partial charge in [0.05, 0.1) is 17.3 Å². The maximum Gasteiger partial charge on any atom is 0.258 e. The molecule has 3 amide bonds. The van der Waals surface area contributed by atoms with Gasteiger partial charge < -0.3 is 9.64 Å². The maximum absolute atomic E-state index is 12.9. The number of benzene rings is 2. The van der Waals surface area contributed by atoms with E-state index in [0.717, 1.165) is 15.3 Å². The number of carbonyl (C=O) groups is 3. The van der Waals surface area contributed by atoms with Crippen LogP contribution in [0, 0.1) is 0 Å². The molecule has 2 heterocycles. The van der Waals surface area contributed by atoms with E-state index in [0.29, 0.717) is 22.0 Å². The van der Waals surface area contributed by atoms with E-state index >= 15 is 0 Å². The molecule has 0 spiro atoms. The molecule has 0 aliphatic carbocycles. The van der Waals surface area contributed by atoms with Crippen LogP contribution >= 0.6 is 11.3 Å². The van der Waals surface area contributed by atoms with E-state index < -0.39 is 0 Å². The van der Waals surface area contributed by atoms with Gasteiger partial charge in [0.25, 0.3) is 5.91 Å². The van der Waals surface area contributed by atoms with Crippen LogP contribution < -0.4 is 14.5 Å². The SMILES string of the molecule is COc1ccc(N(C)C(=O)c2ccc3nc(N4C(=O)CCC4=O)sc3c2)cc1. The topological polar surface area (TPSA) is 79.8 Å². The highest BCUT2D eigenvalue weighted by Gasteiger charge is 2.32.